The van der Waals surface area contributed by atoms with Crippen LogP contribution in [0.5, 0.6) is 0 Å². The third-order valence-corrected chi connectivity index (χ3v) is 7.45. The van der Waals surface area contributed by atoms with Gasteiger partial charge < -0.3 is 0 Å². The summed E-state index contributed by atoms with van der Waals surface area (Å²) in [7, 11) is 0. The molecule has 0 radical (unpaired) electrons. The topological polar surface area (TPSA) is 34.1 Å². The van der Waals surface area contributed by atoms with Crippen LogP contribution in [0, 0.1) is 22.7 Å². The molecule has 0 saturated carbocycles. The van der Waals surface area contributed by atoms with Gasteiger partial charge in [-0.25, -0.2) is 0 Å². The van der Waals surface area contributed by atoms with E-state index in [0.717, 1.165) is 35.1 Å². The molecule has 0 bridgehead atoms. The number of carbonyl (C=O) groups is 2. The molecule has 30 heavy (non-hydrogen) atoms. The fourth-order valence-corrected chi connectivity index (χ4v) is 4.94. The predicted molar refractivity (Wildman–Crippen MR) is 126 cm³/mol. The predicted octanol–water partition coefficient (Wildman–Crippen LogP) is 7.20. The van der Waals surface area contributed by atoms with Crippen molar-refractivity contribution in [2.75, 3.05) is 0 Å². The molecule has 2 nitrogen and oxygen atoms in total. The summed E-state index contributed by atoms with van der Waals surface area (Å²) >= 11 is 0. The van der Waals surface area contributed by atoms with Crippen LogP contribution >= 0.6 is 0 Å². The van der Waals surface area contributed by atoms with E-state index in [2.05, 4.69) is 39.8 Å². The minimum Gasteiger partial charge on any atom is -0.294 e. The van der Waals surface area contributed by atoms with E-state index in [-0.39, 0.29) is 34.2 Å². The average Bonchev–Trinajstić information content (AvgIpc) is 3.29. The van der Waals surface area contributed by atoms with Gasteiger partial charge in [-0.05, 0) is 34.8 Å². The van der Waals surface area contributed by atoms with Gasteiger partial charge in [0.2, 0.25) is 0 Å². The number of Topliss-reactive ketones (excluding diaryl/α,β-unsaturated/α-hetero) is 2. The van der Waals surface area contributed by atoms with Gasteiger partial charge in [0.1, 0.15) is 0 Å². The quantitative estimate of drug-likeness (QED) is 0.540. The van der Waals surface area contributed by atoms with Crippen LogP contribution in [0.2, 0.25) is 0 Å². The molecule has 0 amide bonds. The molecule has 0 heterocycles. The Balaban J connectivity index is 0.000000757. The SMILES string of the molecule is CC.CC.CC(C)(C1Cc2ccccc2C1=O)C(C)(C)C1Cc2ccccc2C1=O. The molecule has 2 aliphatic rings. The van der Waals surface area contributed by atoms with E-state index >= 15 is 0 Å². The highest BCUT2D eigenvalue weighted by molar-refractivity contribution is 6.04. The summed E-state index contributed by atoms with van der Waals surface area (Å²) in [5.41, 5.74) is 3.45. The highest BCUT2D eigenvalue weighted by atomic mass is 16.1. The van der Waals surface area contributed by atoms with Gasteiger partial charge in [-0.2, -0.15) is 0 Å². The van der Waals surface area contributed by atoms with Gasteiger partial charge in [-0.15, -0.1) is 0 Å². The molecule has 0 aromatic heterocycles. The second-order valence-electron chi connectivity index (χ2n) is 9.00. The number of benzene rings is 2. The largest absolute Gasteiger partial charge is 0.294 e. The van der Waals surface area contributed by atoms with E-state index in [4.69, 9.17) is 0 Å². The van der Waals surface area contributed by atoms with Crippen molar-refractivity contribution >= 4 is 11.6 Å². The number of hydrogen-bond donors (Lipinski definition) is 0. The fraction of sp³-hybridized carbons (Fsp3) is 0.500. The lowest BCUT2D eigenvalue weighted by Crippen LogP contribution is -2.47. The van der Waals surface area contributed by atoms with Gasteiger partial charge in [-0.3, -0.25) is 9.59 Å². The van der Waals surface area contributed by atoms with Gasteiger partial charge in [-0.1, -0.05) is 104 Å². The zero-order chi connectivity index (χ0) is 22.7. The Morgan fingerprint density at radius 3 is 1.20 bits per heavy atom. The van der Waals surface area contributed by atoms with Crippen molar-refractivity contribution in [3.05, 3.63) is 70.8 Å². The molecule has 0 aliphatic heterocycles. The third-order valence-electron chi connectivity index (χ3n) is 7.45. The minimum absolute atomic E-state index is 0.0774. The Morgan fingerprint density at radius 2 is 0.900 bits per heavy atom. The number of rotatable bonds is 3. The smallest absolute Gasteiger partial charge is 0.167 e. The number of fused-ring (bicyclic) bond motifs is 2. The minimum atomic E-state index is -0.286. The van der Waals surface area contributed by atoms with E-state index in [1.807, 2.05) is 64.1 Å². The Hall–Kier alpha value is -2.22. The Kier molecular flexibility index (Phi) is 7.45. The van der Waals surface area contributed by atoms with Gasteiger partial charge in [0.25, 0.3) is 0 Å². The summed E-state index contributed by atoms with van der Waals surface area (Å²) in [4.78, 5) is 26.2. The molecule has 2 atom stereocenters. The van der Waals surface area contributed by atoms with E-state index in [1.165, 1.54) is 0 Å². The molecule has 0 spiro atoms. The van der Waals surface area contributed by atoms with Crippen LogP contribution in [-0.2, 0) is 12.8 Å². The van der Waals surface area contributed by atoms with Crippen molar-refractivity contribution in [3.8, 4) is 0 Å². The maximum atomic E-state index is 13.1. The lowest BCUT2D eigenvalue weighted by atomic mass is 9.54. The first-order chi connectivity index (χ1) is 14.2. The summed E-state index contributed by atoms with van der Waals surface area (Å²) in [6.45, 7) is 16.7. The number of carbonyl (C=O) groups excluding carboxylic acids is 2. The standard InChI is InChI=1S/C24H26O2.2C2H6/c1-23(2,19-13-15-9-5-7-11-17(15)21(19)25)24(3,4)20-14-16-10-6-8-12-18(16)22(20)26;2*1-2/h5-12,19-20H,13-14H2,1-4H3;2*1-2H3. The Bertz CT molecular complexity index is 829. The van der Waals surface area contributed by atoms with Crippen molar-refractivity contribution in [3.63, 3.8) is 0 Å². The highest BCUT2D eigenvalue weighted by Crippen LogP contribution is 2.55. The lowest BCUT2D eigenvalue weighted by molar-refractivity contribution is 0.00273. The molecule has 0 saturated heterocycles. The fourth-order valence-electron chi connectivity index (χ4n) is 4.94. The van der Waals surface area contributed by atoms with Crippen molar-refractivity contribution < 1.29 is 9.59 Å². The van der Waals surface area contributed by atoms with E-state index in [1.54, 1.807) is 0 Å². The maximum absolute atomic E-state index is 13.1. The number of hydrogen-bond acceptors (Lipinski definition) is 2. The van der Waals surface area contributed by atoms with E-state index in [0.29, 0.717) is 0 Å². The Labute approximate surface area is 183 Å². The molecule has 2 heteroatoms. The van der Waals surface area contributed by atoms with Gasteiger partial charge in [0.15, 0.2) is 11.6 Å². The van der Waals surface area contributed by atoms with Crippen molar-refractivity contribution in [2.45, 2.75) is 68.2 Å². The normalized spacial score (nSPS) is 19.9. The Morgan fingerprint density at radius 1 is 0.600 bits per heavy atom. The molecule has 2 aromatic carbocycles. The number of ketones is 2. The zero-order valence-corrected chi connectivity index (χ0v) is 20.0. The molecular formula is C28H38O2. The van der Waals surface area contributed by atoms with Crippen LogP contribution < -0.4 is 0 Å². The molecule has 0 fully saturated rings. The molecule has 4 rings (SSSR count). The molecule has 2 aromatic rings. The van der Waals surface area contributed by atoms with Gasteiger partial charge in [0, 0.05) is 23.0 Å². The molecule has 162 valence electrons. The first kappa shape index (κ1) is 24.1. The first-order valence-electron chi connectivity index (χ1n) is 11.5. The van der Waals surface area contributed by atoms with Gasteiger partial charge >= 0.3 is 0 Å². The van der Waals surface area contributed by atoms with Crippen molar-refractivity contribution in [1.29, 1.82) is 0 Å². The lowest BCUT2D eigenvalue weighted by Gasteiger charge is -2.48. The van der Waals surface area contributed by atoms with Crippen LogP contribution in [0.3, 0.4) is 0 Å². The summed E-state index contributed by atoms with van der Waals surface area (Å²) in [5.74, 6) is 0.320. The van der Waals surface area contributed by atoms with E-state index in [9.17, 15) is 9.59 Å². The second-order valence-corrected chi connectivity index (χ2v) is 9.00. The average molecular weight is 407 g/mol. The van der Waals surface area contributed by atoms with E-state index < -0.39 is 0 Å². The van der Waals surface area contributed by atoms with Crippen LogP contribution in [0.1, 0.15) is 87.2 Å². The maximum Gasteiger partial charge on any atom is 0.167 e. The summed E-state index contributed by atoms with van der Waals surface area (Å²) < 4.78 is 0. The van der Waals surface area contributed by atoms with Gasteiger partial charge in [0.05, 0.1) is 0 Å². The van der Waals surface area contributed by atoms with Crippen LogP contribution in [-0.4, -0.2) is 11.6 Å². The summed E-state index contributed by atoms with van der Waals surface area (Å²) in [5, 5.41) is 0. The van der Waals surface area contributed by atoms with Crippen molar-refractivity contribution in [2.24, 2.45) is 22.7 Å². The van der Waals surface area contributed by atoms with Crippen LogP contribution in [0.25, 0.3) is 0 Å². The molecule has 2 aliphatic carbocycles. The van der Waals surface area contributed by atoms with Crippen LogP contribution in [0.4, 0.5) is 0 Å². The monoisotopic (exact) mass is 406 g/mol. The molecule has 0 N–H and O–H groups in total. The molecular weight excluding hydrogens is 368 g/mol. The summed E-state index contributed by atoms with van der Waals surface area (Å²) in [6, 6.07) is 15.9. The first-order valence-corrected chi connectivity index (χ1v) is 11.5. The summed E-state index contributed by atoms with van der Waals surface area (Å²) in [6.07, 6.45) is 1.55. The highest BCUT2D eigenvalue weighted by Gasteiger charge is 2.54. The molecule has 2 unspecified atom stereocenters. The van der Waals surface area contributed by atoms with Crippen molar-refractivity contribution in [1.82, 2.24) is 0 Å². The third kappa shape index (κ3) is 3.77. The second kappa shape index (κ2) is 9.29. The zero-order valence-electron chi connectivity index (χ0n) is 20.0. The van der Waals surface area contributed by atoms with Crippen LogP contribution in [0.15, 0.2) is 48.5 Å².